The third-order valence-electron chi connectivity index (χ3n) is 5.51. The van der Waals surface area contributed by atoms with Crippen molar-refractivity contribution < 1.29 is 22.8 Å². The van der Waals surface area contributed by atoms with Gasteiger partial charge >= 0.3 is 6.18 Å². The van der Waals surface area contributed by atoms with Crippen LogP contribution in [0.3, 0.4) is 0 Å². The summed E-state index contributed by atoms with van der Waals surface area (Å²) >= 11 is 0. The number of nitrogens with zero attached hydrogens (tertiary/aromatic N) is 1. The molecule has 3 aromatic rings. The van der Waals surface area contributed by atoms with Crippen molar-refractivity contribution in [2.45, 2.75) is 32.0 Å². The van der Waals surface area contributed by atoms with Crippen LogP contribution >= 0.6 is 0 Å². The molecule has 0 saturated heterocycles. The molecule has 0 aliphatic heterocycles. The predicted molar refractivity (Wildman–Crippen MR) is 126 cm³/mol. The Kier molecular flexibility index (Phi) is 7.29. The van der Waals surface area contributed by atoms with Gasteiger partial charge in [-0.25, -0.2) is 0 Å². The van der Waals surface area contributed by atoms with Crippen LogP contribution in [0.2, 0.25) is 0 Å². The molecule has 0 unspecified atom stereocenters. The van der Waals surface area contributed by atoms with Crippen LogP contribution in [-0.2, 0) is 27.7 Å². The van der Waals surface area contributed by atoms with E-state index in [2.05, 4.69) is 5.32 Å². The number of carbonyl (C=O) groups excluding carboxylic acids is 2. The number of nitrogens with two attached hydrogens (primary N) is 1. The number of nitrogens with one attached hydrogen (secondary N) is 1. The SMILES string of the molecule is CC(C)(C(=O)Nc1cccc(N(CC(N)=O)Cc2ccccc2)c1)c1cccc(C(F)(F)F)c1. The zero-order valence-electron chi connectivity index (χ0n) is 18.9. The van der Waals surface area contributed by atoms with Crippen LogP contribution in [0.4, 0.5) is 24.5 Å². The number of carbonyl (C=O) groups is 2. The van der Waals surface area contributed by atoms with Gasteiger partial charge in [0.05, 0.1) is 17.5 Å². The molecule has 8 heteroatoms. The van der Waals surface area contributed by atoms with E-state index in [1.165, 1.54) is 12.1 Å². The van der Waals surface area contributed by atoms with Crippen molar-refractivity contribution >= 4 is 23.2 Å². The van der Waals surface area contributed by atoms with Gasteiger partial charge in [0.15, 0.2) is 0 Å². The second-order valence-electron chi connectivity index (χ2n) is 8.52. The molecular formula is C26H26F3N3O2. The number of alkyl halides is 3. The Morgan fingerprint density at radius 3 is 2.18 bits per heavy atom. The molecule has 5 nitrogen and oxygen atoms in total. The molecule has 178 valence electrons. The quantitative estimate of drug-likeness (QED) is 0.481. The number of hydrogen-bond acceptors (Lipinski definition) is 3. The molecule has 0 aliphatic carbocycles. The van der Waals surface area contributed by atoms with Crippen molar-refractivity contribution in [3.63, 3.8) is 0 Å². The molecule has 2 amide bonds. The first-order valence-electron chi connectivity index (χ1n) is 10.6. The summed E-state index contributed by atoms with van der Waals surface area (Å²) in [7, 11) is 0. The summed E-state index contributed by atoms with van der Waals surface area (Å²) in [5, 5.41) is 2.79. The minimum Gasteiger partial charge on any atom is -0.368 e. The van der Waals surface area contributed by atoms with Crippen molar-refractivity contribution in [1.82, 2.24) is 0 Å². The molecule has 0 fully saturated rings. The summed E-state index contributed by atoms with van der Waals surface area (Å²) in [6.07, 6.45) is -4.50. The average molecular weight is 470 g/mol. The van der Waals surface area contributed by atoms with Gasteiger partial charge in [-0.1, -0.05) is 54.6 Å². The van der Waals surface area contributed by atoms with Crippen LogP contribution < -0.4 is 16.0 Å². The van der Waals surface area contributed by atoms with Crippen molar-refractivity contribution in [3.05, 3.63) is 95.6 Å². The minimum atomic E-state index is -4.50. The number of benzene rings is 3. The summed E-state index contributed by atoms with van der Waals surface area (Å²) in [6.45, 7) is 3.53. The third kappa shape index (κ3) is 6.15. The molecule has 0 heterocycles. The molecule has 3 N–H and O–H groups in total. The monoisotopic (exact) mass is 469 g/mol. The lowest BCUT2D eigenvalue weighted by atomic mass is 9.83. The lowest BCUT2D eigenvalue weighted by Gasteiger charge is -2.26. The van der Waals surface area contributed by atoms with Gasteiger partial charge < -0.3 is 16.0 Å². The molecule has 0 radical (unpaired) electrons. The molecule has 0 spiro atoms. The van der Waals surface area contributed by atoms with Crippen LogP contribution in [0.1, 0.15) is 30.5 Å². The number of rotatable bonds is 8. The fourth-order valence-corrected chi connectivity index (χ4v) is 3.51. The van der Waals surface area contributed by atoms with Crippen LogP contribution in [-0.4, -0.2) is 18.4 Å². The van der Waals surface area contributed by atoms with Crippen LogP contribution in [0.5, 0.6) is 0 Å². The van der Waals surface area contributed by atoms with Gasteiger partial charge in [0.2, 0.25) is 11.8 Å². The zero-order chi connectivity index (χ0) is 24.9. The second kappa shape index (κ2) is 9.99. The van der Waals surface area contributed by atoms with Gasteiger partial charge in [-0.3, -0.25) is 9.59 Å². The number of amides is 2. The molecule has 0 saturated carbocycles. The van der Waals surface area contributed by atoms with E-state index < -0.39 is 29.0 Å². The van der Waals surface area contributed by atoms with E-state index in [-0.39, 0.29) is 12.1 Å². The summed E-state index contributed by atoms with van der Waals surface area (Å²) in [6, 6.07) is 21.2. The summed E-state index contributed by atoms with van der Waals surface area (Å²) < 4.78 is 39.4. The molecular weight excluding hydrogens is 443 g/mol. The van der Waals surface area contributed by atoms with Gasteiger partial charge in [0.1, 0.15) is 0 Å². The maximum absolute atomic E-state index is 13.1. The summed E-state index contributed by atoms with van der Waals surface area (Å²) in [4.78, 5) is 26.5. The topological polar surface area (TPSA) is 75.4 Å². The highest BCUT2D eigenvalue weighted by Crippen LogP contribution is 2.33. The zero-order valence-corrected chi connectivity index (χ0v) is 18.9. The second-order valence-corrected chi connectivity index (χ2v) is 8.52. The fraction of sp³-hybridized carbons (Fsp3) is 0.231. The van der Waals surface area contributed by atoms with E-state index in [1.54, 1.807) is 43.0 Å². The average Bonchev–Trinajstić information content (AvgIpc) is 2.79. The van der Waals surface area contributed by atoms with Gasteiger partial charge in [-0.05, 0) is 49.2 Å². The van der Waals surface area contributed by atoms with Gasteiger partial charge in [-0.2, -0.15) is 13.2 Å². The van der Waals surface area contributed by atoms with Gasteiger partial charge in [-0.15, -0.1) is 0 Å². The molecule has 0 atom stereocenters. The Morgan fingerprint density at radius 2 is 1.53 bits per heavy atom. The smallest absolute Gasteiger partial charge is 0.368 e. The van der Waals surface area contributed by atoms with Crippen LogP contribution in [0.15, 0.2) is 78.9 Å². The molecule has 3 rings (SSSR count). The standard InChI is InChI=1S/C26H26F3N3O2/c1-25(2,19-10-6-11-20(14-19)26(27,28)29)24(34)31-21-12-7-13-22(15-21)32(17-23(30)33)16-18-8-4-3-5-9-18/h3-15H,16-17H2,1-2H3,(H2,30,33)(H,31,34). The highest BCUT2D eigenvalue weighted by molar-refractivity contribution is 5.99. The Hall–Kier alpha value is -3.81. The van der Waals surface area contributed by atoms with E-state index >= 15 is 0 Å². The minimum absolute atomic E-state index is 0.0258. The van der Waals surface area contributed by atoms with Crippen LogP contribution in [0, 0.1) is 0 Å². The van der Waals surface area contributed by atoms with E-state index in [1.807, 2.05) is 30.3 Å². The Morgan fingerprint density at radius 1 is 0.882 bits per heavy atom. The lowest BCUT2D eigenvalue weighted by Crippen LogP contribution is -2.35. The first kappa shape index (κ1) is 24.8. The van der Waals surface area contributed by atoms with Crippen molar-refractivity contribution in [3.8, 4) is 0 Å². The maximum atomic E-state index is 13.1. The number of anilines is 2. The molecule has 34 heavy (non-hydrogen) atoms. The van der Waals surface area contributed by atoms with E-state index in [4.69, 9.17) is 5.73 Å². The summed E-state index contributed by atoms with van der Waals surface area (Å²) in [5.41, 5.74) is 5.73. The number of halogens is 3. The predicted octanol–water partition coefficient (Wildman–Crippen LogP) is 5.11. The van der Waals surface area contributed by atoms with Crippen LogP contribution in [0.25, 0.3) is 0 Å². The Bertz CT molecular complexity index is 1160. The van der Waals surface area contributed by atoms with E-state index in [0.717, 1.165) is 17.7 Å². The first-order valence-corrected chi connectivity index (χ1v) is 10.6. The molecule has 0 aliphatic rings. The number of primary amides is 1. The van der Waals surface area contributed by atoms with Gasteiger partial charge in [0, 0.05) is 17.9 Å². The molecule has 0 bridgehead atoms. The van der Waals surface area contributed by atoms with Crippen molar-refractivity contribution in [2.75, 3.05) is 16.8 Å². The van der Waals surface area contributed by atoms with Crippen molar-refractivity contribution in [1.29, 1.82) is 0 Å². The van der Waals surface area contributed by atoms with E-state index in [0.29, 0.717) is 17.9 Å². The molecule has 3 aromatic carbocycles. The van der Waals surface area contributed by atoms with Gasteiger partial charge in [0.25, 0.3) is 0 Å². The van der Waals surface area contributed by atoms with E-state index in [9.17, 15) is 22.8 Å². The normalized spacial score (nSPS) is 11.7. The lowest BCUT2D eigenvalue weighted by molar-refractivity contribution is -0.137. The maximum Gasteiger partial charge on any atom is 0.416 e. The third-order valence-corrected chi connectivity index (χ3v) is 5.51. The number of hydrogen-bond donors (Lipinski definition) is 2. The summed E-state index contributed by atoms with van der Waals surface area (Å²) in [5.74, 6) is -0.968. The largest absolute Gasteiger partial charge is 0.416 e. The Labute approximate surface area is 196 Å². The van der Waals surface area contributed by atoms with Crippen molar-refractivity contribution in [2.24, 2.45) is 5.73 Å². The fourth-order valence-electron chi connectivity index (χ4n) is 3.51. The molecule has 0 aromatic heterocycles. The highest BCUT2D eigenvalue weighted by Gasteiger charge is 2.35. The highest BCUT2D eigenvalue weighted by atomic mass is 19.4. The Balaban J connectivity index is 1.83. The first-order chi connectivity index (χ1) is 16.0.